The van der Waals surface area contributed by atoms with Crippen LogP contribution in [0.15, 0.2) is 71.2 Å². The molecule has 0 aromatic heterocycles. The predicted octanol–water partition coefficient (Wildman–Crippen LogP) is 5.01. The second-order valence-corrected chi connectivity index (χ2v) is 8.40. The zero-order valence-corrected chi connectivity index (χ0v) is 19.1. The summed E-state index contributed by atoms with van der Waals surface area (Å²) in [5.74, 6) is -1.49. The average Bonchev–Trinajstić information content (AvgIpc) is 3.12. The van der Waals surface area contributed by atoms with Crippen molar-refractivity contribution in [1.29, 1.82) is 0 Å². The van der Waals surface area contributed by atoms with Crippen LogP contribution in [0.25, 0.3) is 11.1 Å². The number of anilines is 1. The van der Waals surface area contributed by atoms with E-state index in [2.05, 4.69) is 38.7 Å². The van der Waals surface area contributed by atoms with E-state index in [9.17, 15) is 14.4 Å². The van der Waals surface area contributed by atoms with Crippen LogP contribution in [-0.2, 0) is 9.53 Å². The first-order valence-electron chi connectivity index (χ1n) is 10.4. The van der Waals surface area contributed by atoms with Crippen LogP contribution in [0.2, 0.25) is 0 Å². The Kier molecular flexibility index (Phi) is 6.74. The maximum Gasteiger partial charge on any atom is 0.411 e. The van der Waals surface area contributed by atoms with Gasteiger partial charge in [-0.3, -0.25) is 14.9 Å². The van der Waals surface area contributed by atoms with Crippen LogP contribution in [0.5, 0.6) is 0 Å². The summed E-state index contributed by atoms with van der Waals surface area (Å²) in [4.78, 5) is 35.4. The van der Waals surface area contributed by atoms with Crippen LogP contribution in [0, 0.1) is 0 Å². The van der Waals surface area contributed by atoms with Gasteiger partial charge in [0.05, 0.1) is 12.1 Å². The number of halogens is 1. The van der Waals surface area contributed by atoms with Crippen molar-refractivity contribution in [3.05, 3.63) is 87.9 Å². The van der Waals surface area contributed by atoms with E-state index < -0.39 is 18.0 Å². The monoisotopic (exact) mass is 508 g/mol. The molecule has 0 bridgehead atoms. The molecule has 7 nitrogen and oxygen atoms in total. The van der Waals surface area contributed by atoms with Crippen LogP contribution in [0.4, 0.5) is 10.5 Å². The summed E-state index contributed by atoms with van der Waals surface area (Å²) < 4.78 is 6.14. The molecule has 1 aliphatic rings. The third-order valence-corrected chi connectivity index (χ3v) is 6.12. The molecule has 0 saturated carbocycles. The van der Waals surface area contributed by atoms with Crippen LogP contribution >= 0.6 is 15.9 Å². The van der Waals surface area contributed by atoms with Gasteiger partial charge in [-0.2, -0.15) is 0 Å². The molecule has 0 heterocycles. The Morgan fingerprint density at radius 1 is 0.939 bits per heavy atom. The number of carbonyl (C=O) groups excluding carboxylic acids is 2. The number of hydrogen-bond acceptors (Lipinski definition) is 4. The Morgan fingerprint density at radius 3 is 2.21 bits per heavy atom. The Labute approximate surface area is 198 Å². The lowest BCUT2D eigenvalue weighted by Gasteiger charge is -2.15. The van der Waals surface area contributed by atoms with Crippen molar-refractivity contribution >= 4 is 39.6 Å². The van der Waals surface area contributed by atoms with E-state index in [4.69, 9.17) is 9.84 Å². The zero-order chi connectivity index (χ0) is 23.4. The minimum atomic E-state index is -0.997. The second-order valence-electron chi connectivity index (χ2n) is 7.54. The van der Waals surface area contributed by atoms with Crippen LogP contribution < -0.4 is 10.6 Å². The van der Waals surface area contributed by atoms with Crippen molar-refractivity contribution < 1.29 is 24.2 Å². The summed E-state index contributed by atoms with van der Waals surface area (Å²) in [5.41, 5.74) is 5.19. The van der Waals surface area contributed by atoms with Gasteiger partial charge in [0.2, 0.25) is 0 Å². The third kappa shape index (κ3) is 5.06. The average molecular weight is 509 g/mol. The molecule has 8 heteroatoms. The molecule has 3 aromatic rings. The molecule has 0 fully saturated rings. The number of rotatable bonds is 7. The number of carboxylic acid groups (broad SMARTS) is 1. The summed E-state index contributed by atoms with van der Waals surface area (Å²) in [6.45, 7) is 0.187. The van der Waals surface area contributed by atoms with Crippen LogP contribution in [0.3, 0.4) is 0 Å². The second kappa shape index (κ2) is 9.87. The molecule has 0 radical (unpaired) electrons. The Hall–Kier alpha value is -3.65. The minimum absolute atomic E-state index is 0.0133. The molecule has 0 aliphatic heterocycles. The predicted molar refractivity (Wildman–Crippen MR) is 127 cm³/mol. The molecule has 4 rings (SSSR count). The Bertz CT molecular complexity index is 1180. The summed E-state index contributed by atoms with van der Waals surface area (Å²) in [6.07, 6.45) is -0.811. The molecular formula is C25H21BrN2O5. The van der Waals surface area contributed by atoms with Gasteiger partial charge in [-0.05, 0) is 56.4 Å². The van der Waals surface area contributed by atoms with E-state index in [1.807, 2.05) is 36.4 Å². The van der Waals surface area contributed by atoms with Gasteiger partial charge in [0.1, 0.15) is 6.61 Å². The molecule has 168 valence electrons. The molecule has 0 saturated heterocycles. The minimum Gasteiger partial charge on any atom is -0.481 e. The number of carbonyl (C=O) groups is 3. The van der Waals surface area contributed by atoms with Gasteiger partial charge in [-0.1, -0.05) is 48.5 Å². The zero-order valence-electron chi connectivity index (χ0n) is 17.5. The first-order chi connectivity index (χ1) is 15.9. The van der Waals surface area contributed by atoms with Crippen LogP contribution in [-0.4, -0.2) is 36.2 Å². The SMILES string of the molecule is O=C(O)CCNC(=O)c1ccc(Br)c(NC(=O)OCC2c3ccccc3-c3ccccc32)c1. The highest BCUT2D eigenvalue weighted by Gasteiger charge is 2.29. The maximum absolute atomic E-state index is 12.6. The van der Waals surface area contributed by atoms with E-state index in [0.717, 1.165) is 22.3 Å². The highest BCUT2D eigenvalue weighted by molar-refractivity contribution is 9.10. The fourth-order valence-corrected chi connectivity index (χ4v) is 4.24. The highest BCUT2D eigenvalue weighted by atomic mass is 79.9. The van der Waals surface area contributed by atoms with Crippen molar-refractivity contribution in [2.45, 2.75) is 12.3 Å². The lowest BCUT2D eigenvalue weighted by atomic mass is 9.98. The Balaban J connectivity index is 1.41. The molecule has 1 aliphatic carbocycles. The third-order valence-electron chi connectivity index (χ3n) is 5.43. The standard InChI is InChI=1S/C25H21BrN2O5/c26-21-10-9-15(24(31)27-12-11-23(29)30)13-22(21)28-25(32)33-14-20-18-7-3-1-5-16(18)17-6-2-4-8-19(17)20/h1-10,13,20H,11-12,14H2,(H,27,31)(H,28,32)(H,29,30). The largest absolute Gasteiger partial charge is 0.481 e. The highest BCUT2D eigenvalue weighted by Crippen LogP contribution is 2.44. The van der Waals surface area contributed by atoms with Gasteiger partial charge < -0.3 is 15.2 Å². The molecule has 0 spiro atoms. The summed E-state index contributed by atoms with van der Waals surface area (Å²) in [7, 11) is 0. The van der Waals surface area contributed by atoms with Crippen molar-refractivity contribution in [3.8, 4) is 11.1 Å². The first kappa shape index (κ1) is 22.5. The number of hydrogen-bond donors (Lipinski definition) is 3. The molecule has 33 heavy (non-hydrogen) atoms. The fourth-order valence-electron chi connectivity index (χ4n) is 3.89. The first-order valence-corrected chi connectivity index (χ1v) is 11.1. The number of ether oxygens (including phenoxy) is 1. The number of fused-ring (bicyclic) bond motifs is 3. The molecule has 0 unspecified atom stereocenters. The smallest absolute Gasteiger partial charge is 0.411 e. The number of nitrogens with one attached hydrogen (secondary N) is 2. The fraction of sp³-hybridized carbons (Fsp3) is 0.160. The lowest BCUT2D eigenvalue weighted by Crippen LogP contribution is -2.26. The van der Waals surface area contributed by atoms with Crippen molar-refractivity contribution in [1.82, 2.24) is 5.32 Å². The lowest BCUT2D eigenvalue weighted by molar-refractivity contribution is -0.136. The van der Waals surface area contributed by atoms with Crippen molar-refractivity contribution in [2.24, 2.45) is 0 Å². The van der Waals surface area contributed by atoms with Gasteiger partial charge in [0.15, 0.2) is 0 Å². The van der Waals surface area contributed by atoms with E-state index in [1.165, 1.54) is 6.07 Å². The quantitative estimate of drug-likeness (QED) is 0.415. The Morgan fingerprint density at radius 2 is 1.58 bits per heavy atom. The van der Waals surface area contributed by atoms with Crippen LogP contribution in [0.1, 0.15) is 33.8 Å². The number of aliphatic carboxylic acids is 1. The van der Waals surface area contributed by atoms with E-state index in [-0.39, 0.29) is 31.1 Å². The molecule has 2 amide bonds. The number of amides is 2. The molecule has 3 aromatic carbocycles. The maximum atomic E-state index is 12.6. The summed E-state index contributed by atoms with van der Waals surface area (Å²) in [5, 5.41) is 13.9. The number of carboxylic acids is 1. The normalized spacial score (nSPS) is 11.9. The number of benzene rings is 3. The van der Waals surface area contributed by atoms with Crippen molar-refractivity contribution in [3.63, 3.8) is 0 Å². The van der Waals surface area contributed by atoms with E-state index >= 15 is 0 Å². The van der Waals surface area contributed by atoms with Gasteiger partial charge in [0, 0.05) is 22.5 Å². The van der Waals surface area contributed by atoms with Gasteiger partial charge >= 0.3 is 12.1 Å². The van der Waals surface area contributed by atoms with Crippen molar-refractivity contribution in [2.75, 3.05) is 18.5 Å². The topological polar surface area (TPSA) is 105 Å². The van der Waals surface area contributed by atoms with Gasteiger partial charge in [0.25, 0.3) is 5.91 Å². The van der Waals surface area contributed by atoms with E-state index in [0.29, 0.717) is 10.2 Å². The molecule has 3 N–H and O–H groups in total. The summed E-state index contributed by atoms with van der Waals surface area (Å²) >= 11 is 3.36. The molecule has 0 atom stereocenters. The summed E-state index contributed by atoms with van der Waals surface area (Å²) in [6, 6.07) is 20.9. The van der Waals surface area contributed by atoms with Gasteiger partial charge in [-0.15, -0.1) is 0 Å². The van der Waals surface area contributed by atoms with E-state index in [1.54, 1.807) is 12.1 Å². The van der Waals surface area contributed by atoms with Gasteiger partial charge in [-0.25, -0.2) is 4.79 Å². The molecular weight excluding hydrogens is 488 g/mol.